The smallest absolute Gasteiger partial charge is 0.0544 e. The van der Waals surface area contributed by atoms with Gasteiger partial charge in [0, 0.05) is 18.1 Å². The molecule has 0 amide bonds. The topological polar surface area (TPSA) is 24.1 Å². The molecule has 0 bridgehead atoms. The Morgan fingerprint density at radius 2 is 1.81 bits per heavy atom. The standard InChI is InChI=1S/C19H18N2/c1-2-4-10-19(15-20-13-7-3-1)21-18-12-11-16-8-5-6-9-17(16)14-18/h1,3-15,20-21H,2H2/b3-1-,10-4-,13-7-,19-15+. The molecule has 3 rings (SSSR count). The van der Waals surface area contributed by atoms with E-state index in [1.807, 2.05) is 24.6 Å². The quantitative estimate of drug-likeness (QED) is 0.828. The van der Waals surface area contributed by atoms with Crippen LogP contribution in [0, 0.1) is 0 Å². The molecule has 0 aliphatic carbocycles. The van der Waals surface area contributed by atoms with Crippen LogP contribution in [0.4, 0.5) is 5.69 Å². The third-order valence-electron chi connectivity index (χ3n) is 3.29. The molecule has 104 valence electrons. The fourth-order valence-electron chi connectivity index (χ4n) is 2.24. The van der Waals surface area contributed by atoms with Gasteiger partial charge in [-0.15, -0.1) is 0 Å². The summed E-state index contributed by atoms with van der Waals surface area (Å²) in [5, 5.41) is 9.09. The number of fused-ring (bicyclic) bond motifs is 1. The van der Waals surface area contributed by atoms with E-state index in [-0.39, 0.29) is 0 Å². The number of allylic oxidation sites excluding steroid dienone is 5. The SMILES string of the molecule is C1=C\C/C=C\C(Nc2ccc3ccccc3c2)=C/N\C=C/1. The number of hydrogen-bond donors (Lipinski definition) is 2. The van der Waals surface area contributed by atoms with Crippen molar-refractivity contribution in [2.75, 3.05) is 5.32 Å². The van der Waals surface area contributed by atoms with Crippen molar-refractivity contribution in [3.63, 3.8) is 0 Å². The van der Waals surface area contributed by atoms with Crippen LogP contribution in [-0.4, -0.2) is 0 Å². The van der Waals surface area contributed by atoms with Crippen LogP contribution in [0.15, 0.2) is 90.9 Å². The normalized spacial score (nSPS) is 21.6. The van der Waals surface area contributed by atoms with Crippen molar-refractivity contribution in [1.29, 1.82) is 0 Å². The van der Waals surface area contributed by atoms with E-state index in [9.17, 15) is 0 Å². The molecule has 1 aliphatic heterocycles. The lowest BCUT2D eigenvalue weighted by Crippen LogP contribution is -2.03. The van der Waals surface area contributed by atoms with Gasteiger partial charge in [0.15, 0.2) is 0 Å². The van der Waals surface area contributed by atoms with Crippen LogP contribution in [-0.2, 0) is 0 Å². The first kappa shape index (κ1) is 13.3. The van der Waals surface area contributed by atoms with Gasteiger partial charge in [-0.2, -0.15) is 0 Å². The molecule has 0 spiro atoms. The number of anilines is 1. The minimum atomic E-state index is 0.932. The van der Waals surface area contributed by atoms with Gasteiger partial charge >= 0.3 is 0 Å². The summed E-state index contributed by atoms with van der Waals surface area (Å²) in [7, 11) is 0. The van der Waals surface area contributed by atoms with E-state index in [0.717, 1.165) is 17.8 Å². The van der Waals surface area contributed by atoms with Crippen molar-refractivity contribution in [3.05, 3.63) is 90.9 Å². The number of benzene rings is 2. The molecule has 2 aromatic carbocycles. The van der Waals surface area contributed by atoms with Crippen molar-refractivity contribution in [2.24, 2.45) is 0 Å². The fourth-order valence-corrected chi connectivity index (χ4v) is 2.24. The van der Waals surface area contributed by atoms with Crippen LogP contribution in [0.3, 0.4) is 0 Å². The van der Waals surface area contributed by atoms with Crippen LogP contribution >= 0.6 is 0 Å². The van der Waals surface area contributed by atoms with Crippen LogP contribution < -0.4 is 10.6 Å². The highest BCUT2D eigenvalue weighted by molar-refractivity contribution is 5.86. The van der Waals surface area contributed by atoms with Gasteiger partial charge in [-0.1, -0.05) is 48.6 Å². The van der Waals surface area contributed by atoms with E-state index in [4.69, 9.17) is 0 Å². The van der Waals surface area contributed by atoms with Crippen LogP contribution in [0.1, 0.15) is 6.42 Å². The highest BCUT2D eigenvalue weighted by Crippen LogP contribution is 2.20. The molecule has 2 N–H and O–H groups in total. The first-order chi connectivity index (χ1) is 10.4. The van der Waals surface area contributed by atoms with Crippen molar-refractivity contribution in [1.82, 2.24) is 5.32 Å². The zero-order valence-corrected chi connectivity index (χ0v) is 11.8. The summed E-state index contributed by atoms with van der Waals surface area (Å²) in [6.45, 7) is 0. The van der Waals surface area contributed by atoms with E-state index in [1.165, 1.54) is 10.8 Å². The second-order valence-electron chi connectivity index (χ2n) is 4.88. The minimum absolute atomic E-state index is 0.932. The maximum atomic E-state index is 3.44. The minimum Gasteiger partial charge on any atom is -0.366 e. The Balaban J connectivity index is 1.82. The zero-order chi connectivity index (χ0) is 14.3. The fraction of sp³-hybridized carbons (Fsp3) is 0.0526. The molecule has 0 saturated heterocycles. The number of rotatable bonds is 2. The molecule has 2 nitrogen and oxygen atoms in total. The lowest BCUT2D eigenvalue weighted by Gasteiger charge is -2.09. The van der Waals surface area contributed by atoms with Gasteiger partial charge < -0.3 is 10.6 Å². The summed E-state index contributed by atoms with van der Waals surface area (Å²) in [5.41, 5.74) is 2.12. The Morgan fingerprint density at radius 3 is 2.76 bits per heavy atom. The Bertz CT molecular complexity index is 736. The molecule has 0 unspecified atom stereocenters. The molecular weight excluding hydrogens is 256 g/mol. The van der Waals surface area contributed by atoms with Crippen molar-refractivity contribution >= 4 is 16.5 Å². The maximum Gasteiger partial charge on any atom is 0.0544 e. The third-order valence-corrected chi connectivity index (χ3v) is 3.29. The Labute approximate surface area is 125 Å². The molecule has 21 heavy (non-hydrogen) atoms. The molecule has 0 atom stereocenters. The second-order valence-corrected chi connectivity index (χ2v) is 4.88. The number of hydrogen-bond acceptors (Lipinski definition) is 2. The Kier molecular flexibility index (Phi) is 4.18. The summed E-state index contributed by atoms with van der Waals surface area (Å²) in [6.07, 6.45) is 15.2. The van der Waals surface area contributed by atoms with Gasteiger partial charge in [-0.25, -0.2) is 0 Å². The zero-order valence-electron chi connectivity index (χ0n) is 11.8. The van der Waals surface area contributed by atoms with Gasteiger partial charge in [0.2, 0.25) is 0 Å². The van der Waals surface area contributed by atoms with E-state index in [0.29, 0.717) is 0 Å². The van der Waals surface area contributed by atoms with Gasteiger partial charge in [0.1, 0.15) is 0 Å². The maximum absolute atomic E-state index is 3.44. The molecule has 1 aliphatic rings. The van der Waals surface area contributed by atoms with E-state index in [1.54, 1.807) is 0 Å². The molecule has 0 saturated carbocycles. The van der Waals surface area contributed by atoms with Crippen molar-refractivity contribution in [2.45, 2.75) is 6.42 Å². The lowest BCUT2D eigenvalue weighted by molar-refractivity contribution is 1.16. The molecule has 2 heteroatoms. The molecule has 0 aromatic heterocycles. The molecule has 0 radical (unpaired) electrons. The monoisotopic (exact) mass is 274 g/mol. The summed E-state index contributed by atoms with van der Waals surface area (Å²) in [4.78, 5) is 0. The largest absolute Gasteiger partial charge is 0.366 e. The predicted molar refractivity (Wildman–Crippen MR) is 90.8 cm³/mol. The van der Waals surface area contributed by atoms with Gasteiger partial charge in [-0.3, -0.25) is 0 Å². The lowest BCUT2D eigenvalue weighted by atomic mass is 10.1. The summed E-state index contributed by atoms with van der Waals surface area (Å²) in [6, 6.07) is 14.8. The highest BCUT2D eigenvalue weighted by Gasteiger charge is 1.97. The molecule has 2 aromatic rings. The first-order valence-corrected chi connectivity index (χ1v) is 7.12. The second kappa shape index (κ2) is 6.62. The van der Waals surface area contributed by atoms with Gasteiger partial charge in [0.25, 0.3) is 0 Å². The van der Waals surface area contributed by atoms with Crippen LogP contribution in [0.5, 0.6) is 0 Å². The van der Waals surface area contributed by atoms with Crippen molar-refractivity contribution in [3.8, 4) is 0 Å². The molecular formula is C19H18N2. The average molecular weight is 274 g/mol. The summed E-state index contributed by atoms with van der Waals surface area (Å²) < 4.78 is 0. The highest BCUT2D eigenvalue weighted by atomic mass is 14.9. The first-order valence-electron chi connectivity index (χ1n) is 7.12. The van der Waals surface area contributed by atoms with E-state index < -0.39 is 0 Å². The average Bonchev–Trinajstić information content (AvgIpc) is 2.53. The Morgan fingerprint density at radius 1 is 0.905 bits per heavy atom. The number of nitrogens with one attached hydrogen (secondary N) is 2. The Hall–Kier alpha value is -2.74. The summed E-state index contributed by atoms with van der Waals surface area (Å²) >= 11 is 0. The van der Waals surface area contributed by atoms with Crippen molar-refractivity contribution < 1.29 is 0 Å². The van der Waals surface area contributed by atoms with Crippen LogP contribution in [0.25, 0.3) is 10.8 Å². The van der Waals surface area contributed by atoms with Gasteiger partial charge in [-0.05, 0) is 41.5 Å². The van der Waals surface area contributed by atoms with E-state index in [2.05, 4.69) is 71.3 Å². The van der Waals surface area contributed by atoms with Gasteiger partial charge in [0.05, 0.1) is 5.70 Å². The third kappa shape index (κ3) is 3.63. The summed E-state index contributed by atoms with van der Waals surface area (Å²) in [5.74, 6) is 0. The van der Waals surface area contributed by atoms with E-state index >= 15 is 0 Å². The molecule has 1 heterocycles. The predicted octanol–water partition coefficient (Wildman–Crippen LogP) is 4.71. The molecule has 0 fully saturated rings. The van der Waals surface area contributed by atoms with Crippen LogP contribution in [0.2, 0.25) is 0 Å².